The van der Waals surface area contributed by atoms with Gasteiger partial charge in [0.05, 0.1) is 11.1 Å². The van der Waals surface area contributed by atoms with Crippen molar-refractivity contribution in [1.29, 1.82) is 0 Å². The van der Waals surface area contributed by atoms with Crippen LogP contribution in [0.3, 0.4) is 0 Å². The Morgan fingerprint density at radius 2 is 1.70 bits per heavy atom. The Morgan fingerprint density at radius 3 is 2.35 bits per heavy atom. The number of hydrogen-bond acceptors (Lipinski definition) is 2. The minimum Gasteiger partial charge on any atom is -0.274 e. The normalized spacial score (nSPS) is 21.8. The molecule has 0 bridgehead atoms. The maximum Gasteiger partial charge on any atom is 0.240 e. The summed E-state index contributed by atoms with van der Waals surface area (Å²) in [5.41, 5.74) is 2.65. The maximum absolute atomic E-state index is 12.8. The molecule has 106 valence electrons. The second-order valence-corrected chi connectivity index (χ2v) is 6.32. The molecule has 20 heavy (non-hydrogen) atoms. The summed E-state index contributed by atoms with van der Waals surface area (Å²) in [7, 11) is 0. The molecule has 1 aliphatic heterocycles. The number of amides is 2. The Labute approximate surface area is 120 Å². The van der Waals surface area contributed by atoms with Gasteiger partial charge in [-0.2, -0.15) is 0 Å². The van der Waals surface area contributed by atoms with Gasteiger partial charge < -0.3 is 0 Å². The molecular formula is C17H21NO2. The second kappa shape index (κ2) is 4.72. The monoisotopic (exact) mass is 271 g/mol. The van der Waals surface area contributed by atoms with Gasteiger partial charge in [-0.15, -0.1) is 0 Å². The van der Waals surface area contributed by atoms with Crippen LogP contribution in [0, 0.1) is 19.3 Å². The molecule has 1 heterocycles. The third kappa shape index (κ3) is 1.96. The van der Waals surface area contributed by atoms with E-state index in [2.05, 4.69) is 0 Å². The lowest BCUT2D eigenvalue weighted by Gasteiger charge is -2.30. The van der Waals surface area contributed by atoms with Gasteiger partial charge in [0, 0.05) is 6.42 Å². The van der Waals surface area contributed by atoms with Gasteiger partial charge in [-0.1, -0.05) is 25.3 Å². The average molecular weight is 271 g/mol. The summed E-state index contributed by atoms with van der Waals surface area (Å²) >= 11 is 0. The molecule has 1 spiro atoms. The van der Waals surface area contributed by atoms with E-state index in [1.807, 2.05) is 32.0 Å². The molecule has 1 saturated carbocycles. The van der Waals surface area contributed by atoms with Crippen LogP contribution in [-0.2, 0) is 9.59 Å². The zero-order valence-electron chi connectivity index (χ0n) is 12.2. The molecule has 2 fully saturated rings. The molecule has 0 radical (unpaired) electrons. The Balaban J connectivity index is 1.95. The molecule has 2 amide bonds. The highest BCUT2D eigenvalue weighted by Gasteiger charge is 2.51. The van der Waals surface area contributed by atoms with Gasteiger partial charge in [0.25, 0.3) is 0 Å². The fourth-order valence-corrected chi connectivity index (χ4v) is 3.54. The standard InChI is InChI=1S/C17H21NO2/c1-12-6-7-14(10-13(12)2)18-15(19)11-17(16(18)20)8-4-3-5-9-17/h6-7,10H,3-5,8-9,11H2,1-2H3. The van der Waals surface area contributed by atoms with Gasteiger partial charge in [-0.3, -0.25) is 14.5 Å². The topological polar surface area (TPSA) is 37.4 Å². The van der Waals surface area contributed by atoms with Gasteiger partial charge in [-0.05, 0) is 49.9 Å². The Bertz CT molecular complexity index is 570. The fourth-order valence-electron chi connectivity index (χ4n) is 3.54. The molecule has 3 heteroatoms. The number of hydrogen-bond donors (Lipinski definition) is 0. The Morgan fingerprint density at radius 1 is 1.00 bits per heavy atom. The first-order valence-electron chi connectivity index (χ1n) is 7.48. The van der Waals surface area contributed by atoms with Crippen molar-refractivity contribution in [3.05, 3.63) is 29.3 Å². The van der Waals surface area contributed by atoms with Gasteiger partial charge >= 0.3 is 0 Å². The van der Waals surface area contributed by atoms with Crippen LogP contribution in [0.4, 0.5) is 5.69 Å². The van der Waals surface area contributed by atoms with Crippen molar-refractivity contribution in [2.75, 3.05) is 4.90 Å². The van der Waals surface area contributed by atoms with Crippen molar-refractivity contribution < 1.29 is 9.59 Å². The number of carbonyl (C=O) groups excluding carboxylic acids is 2. The summed E-state index contributed by atoms with van der Waals surface area (Å²) in [5, 5.41) is 0. The molecular weight excluding hydrogens is 250 g/mol. The molecule has 0 atom stereocenters. The third-order valence-corrected chi connectivity index (χ3v) is 4.96. The van der Waals surface area contributed by atoms with Crippen LogP contribution in [0.25, 0.3) is 0 Å². The lowest BCUT2D eigenvalue weighted by Crippen LogP contribution is -2.37. The predicted molar refractivity (Wildman–Crippen MR) is 78.5 cm³/mol. The van der Waals surface area contributed by atoms with E-state index in [-0.39, 0.29) is 11.8 Å². The molecule has 1 aliphatic carbocycles. The van der Waals surface area contributed by atoms with Gasteiger partial charge in [0.15, 0.2) is 0 Å². The van der Waals surface area contributed by atoms with Crippen LogP contribution in [0.2, 0.25) is 0 Å². The predicted octanol–water partition coefficient (Wildman–Crippen LogP) is 3.52. The van der Waals surface area contributed by atoms with Crippen LogP contribution < -0.4 is 4.90 Å². The molecule has 1 aromatic rings. The summed E-state index contributed by atoms with van der Waals surface area (Å²) in [4.78, 5) is 26.6. The van der Waals surface area contributed by atoms with Gasteiger partial charge in [-0.25, -0.2) is 0 Å². The van der Waals surface area contributed by atoms with Crippen LogP contribution in [0.5, 0.6) is 0 Å². The van der Waals surface area contributed by atoms with Crippen molar-refractivity contribution in [1.82, 2.24) is 0 Å². The van der Waals surface area contributed by atoms with Crippen molar-refractivity contribution in [2.24, 2.45) is 5.41 Å². The Hall–Kier alpha value is -1.64. The van der Waals surface area contributed by atoms with E-state index >= 15 is 0 Å². The lowest BCUT2D eigenvalue weighted by atomic mass is 9.73. The number of anilines is 1. The SMILES string of the molecule is Cc1ccc(N2C(=O)CC3(CCCCC3)C2=O)cc1C. The number of aryl methyl sites for hydroxylation is 2. The van der Waals surface area contributed by atoms with Crippen molar-refractivity contribution >= 4 is 17.5 Å². The van der Waals surface area contributed by atoms with Crippen LogP contribution in [0.15, 0.2) is 18.2 Å². The molecule has 0 unspecified atom stereocenters. The number of carbonyl (C=O) groups is 2. The zero-order valence-corrected chi connectivity index (χ0v) is 12.2. The summed E-state index contributed by atoms with van der Waals surface area (Å²) < 4.78 is 0. The molecule has 0 N–H and O–H groups in total. The molecule has 0 aromatic heterocycles. The highest BCUT2D eigenvalue weighted by Crippen LogP contribution is 2.46. The van der Waals surface area contributed by atoms with Crippen LogP contribution in [-0.4, -0.2) is 11.8 Å². The summed E-state index contributed by atoms with van der Waals surface area (Å²) in [5.74, 6) is 0.00519. The molecule has 3 rings (SSSR count). The van der Waals surface area contributed by atoms with E-state index in [0.29, 0.717) is 6.42 Å². The van der Waals surface area contributed by atoms with E-state index in [9.17, 15) is 9.59 Å². The number of imide groups is 1. The third-order valence-electron chi connectivity index (χ3n) is 4.96. The van der Waals surface area contributed by atoms with Crippen molar-refractivity contribution in [2.45, 2.75) is 52.4 Å². The number of rotatable bonds is 1. The molecule has 2 aliphatic rings. The van der Waals surface area contributed by atoms with E-state index in [1.165, 1.54) is 16.9 Å². The first-order chi connectivity index (χ1) is 9.53. The fraction of sp³-hybridized carbons (Fsp3) is 0.529. The summed E-state index contributed by atoms with van der Waals surface area (Å²) in [6.45, 7) is 4.05. The highest BCUT2D eigenvalue weighted by molar-refractivity contribution is 6.22. The van der Waals surface area contributed by atoms with Crippen LogP contribution >= 0.6 is 0 Å². The summed E-state index contributed by atoms with van der Waals surface area (Å²) in [6.07, 6.45) is 5.48. The number of nitrogens with zero attached hydrogens (tertiary/aromatic N) is 1. The van der Waals surface area contributed by atoms with Crippen molar-refractivity contribution in [3.63, 3.8) is 0 Å². The number of benzene rings is 1. The quantitative estimate of drug-likeness (QED) is 0.733. The van der Waals surface area contributed by atoms with E-state index in [1.54, 1.807) is 0 Å². The molecule has 1 aromatic carbocycles. The minimum atomic E-state index is -0.395. The van der Waals surface area contributed by atoms with Gasteiger partial charge in [0.1, 0.15) is 0 Å². The first-order valence-corrected chi connectivity index (χ1v) is 7.48. The molecule has 3 nitrogen and oxygen atoms in total. The average Bonchev–Trinajstić information content (AvgIpc) is 2.66. The van der Waals surface area contributed by atoms with E-state index < -0.39 is 5.41 Å². The minimum absolute atomic E-state index is 0.0276. The maximum atomic E-state index is 12.8. The summed E-state index contributed by atoms with van der Waals surface area (Å²) in [6, 6.07) is 5.82. The van der Waals surface area contributed by atoms with E-state index in [4.69, 9.17) is 0 Å². The Kier molecular flexibility index (Phi) is 3.15. The largest absolute Gasteiger partial charge is 0.274 e. The molecule has 1 saturated heterocycles. The van der Waals surface area contributed by atoms with E-state index in [0.717, 1.165) is 36.9 Å². The van der Waals surface area contributed by atoms with Crippen LogP contribution in [0.1, 0.15) is 49.7 Å². The smallest absolute Gasteiger partial charge is 0.240 e. The lowest BCUT2D eigenvalue weighted by molar-refractivity contribution is -0.127. The highest BCUT2D eigenvalue weighted by atomic mass is 16.2. The zero-order chi connectivity index (χ0) is 14.3. The van der Waals surface area contributed by atoms with Crippen molar-refractivity contribution in [3.8, 4) is 0 Å². The first kappa shape index (κ1) is 13.3. The van der Waals surface area contributed by atoms with Gasteiger partial charge in [0.2, 0.25) is 11.8 Å². The second-order valence-electron chi connectivity index (χ2n) is 6.32.